The van der Waals surface area contributed by atoms with Gasteiger partial charge in [0.1, 0.15) is 0 Å². The molecule has 0 amide bonds. The summed E-state index contributed by atoms with van der Waals surface area (Å²) in [4.78, 5) is 2.27. The number of aliphatic hydroxyl groups is 1. The average molecular weight is 404 g/mol. The van der Waals surface area contributed by atoms with Crippen molar-refractivity contribution in [2.75, 3.05) is 11.9 Å². The molecule has 1 radical (unpaired) electrons. The fraction of sp³-hybridized carbons (Fsp3) is 0.273. The minimum Gasteiger partial charge on any atom is -0.492 e. The zero-order chi connectivity index (χ0) is 18.0. The van der Waals surface area contributed by atoms with Crippen molar-refractivity contribution in [1.82, 2.24) is 0 Å². The second-order valence-electron chi connectivity index (χ2n) is 6.97. The van der Waals surface area contributed by atoms with Crippen molar-refractivity contribution >= 4 is 17.8 Å². The molecule has 0 bridgehead atoms. The zero-order valence-corrected chi connectivity index (χ0v) is 16.3. The molecule has 0 saturated heterocycles. The number of aliphatic hydroxyl groups excluding tert-OH is 1. The van der Waals surface area contributed by atoms with Crippen LogP contribution in [0.3, 0.4) is 0 Å². The molecule has 0 unspecified atom stereocenters. The van der Waals surface area contributed by atoms with Gasteiger partial charge in [0.15, 0.2) is 0 Å². The number of hydrogen-bond donors (Lipinski definition) is 1. The summed E-state index contributed by atoms with van der Waals surface area (Å²) in [5.41, 5.74) is 4.74. The van der Waals surface area contributed by atoms with Crippen LogP contribution in [0.4, 0.5) is 5.69 Å². The largest absolute Gasteiger partial charge is 0.492 e. The molecule has 1 saturated carbocycles. The predicted octanol–water partition coefficient (Wildman–Crippen LogP) is 4.82. The second-order valence-corrected chi connectivity index (χ2v) is 6.97. The molecular formula is C22H23CoN3O. The van der Waals surface area contributed by atoms with Crippen molar-refractivity contribution in [2.45, 2.75) is 31.1 Å². The van der Waals surface area contributed by atoms with Gasteiger partial charge >= 0.3 is 0 Å². The number of hydrogen-bond acceptors (Lipinski definition) is 3. The molecule has 141 valence electrons. The Kier molecular flexibility index (Phi) is 5.82. The van der Waals surface area contributed by atoms with E-state index in [4.69, 9.17) is 0 Å². The number of fused-ring (bicyclic) bond motifs is 2. The van der Waals surface area contributed by atoms with Crippen LogP contribution < -0.4 is 4.90 Å². The van der Waals surface area contributed by atoms with E-state index in [-0.39, 0.29) is 28.1 Å². The topological polar surface area (TPSA) is 48.2 Å². The Morgan fingerprint density at radius 2 is 1.70 bits per heavy atom. The smallest absolute Gasteiger partial charge is 0.238 e. The van der Waals surface area contributed by atoms with Crippen molar-refractivity contribution in [3.63, 3.8) is 0 Å². The molecule has 4 nitrogen and oxygen atoms in total. The van der Waals surface area contributed by atoms with Gasteiger partial charge in [0.2, 0.25) is 5.90 Å². The van der Waals surface area contributed by atoms with Crippen LogP contribution in [0.25, 0.3) is 0 Å². The van der Waals surface area contributed by atoms with Gasteiger partial charge in [-0.3, -0.25) is 0 Å². The van der Waals surface area contributed by atoms with Crippen molar-refractivity contribution in [3.05, 3.63) is 77.5 Å². The number of nitrogens with zero attached hydrogens (tertiary/aromatic N) is 3. The molecule has 1 N–H and O–H groups in total. The maximum absolute atomic E-state index is 10.0. The van der Waals surface area contributed by atoms with Crippen LogP contribution in [0, 0.1) is 0 Å². The fourth-order valence-corrected chi connectivity index (χ4v) is 4.37. The minimum absolute atomic E-state index is 0. The van der Waals surface area contributed by atoms with Crippen molar-refractivity contribution in [2.24, 2.45) is 10.2 Å². The summed E-state index contributed by atoms with van der Waals surface area (Å²) in [5.74, 6) is -0.0705. The van der Waals surface area contributed by atoms with Crippen molar-refractivity contribution in [3.8, 4) is 0 Å². The third-order valence-corrected chi connectivity index (χ3v) is 5.57. The van der Waals surface area contributed by atoms with Crippen molar-refractivity contribution in [1.29, 1.82) is 0 Å². The molecule has 0 atom stereocenters. The Morgan fingerprint density at radius 1 is 1.04 bits per heavy atom. The monoisotopic (exact) mass is 404 g/mol. The van der Waals surface area contributed by atoms with E-state index in [0.29, 0.717) is 5.56 Å². The summed E-state index contributed by atoms with van der Waals surface area (Å²) in [6, 6.07) is 17.9. The Bertz CT molecular complexity index is 883. The molecule has 4 rings (SSSR count). The van der Waals surface area contributed by atoms with E-state index < -0.39 is 0 Å². The van der Waals surface area contributed by atoms with Crippen LogP contribution in [0.2, 0.25) is 0 Å². The molecule has 0 aromatic heterocycles. The van der Waals surface area contributed by atoms with Gasteiger partial charge in [0.25, 0.3) is 0 Å². The first-order chi connectivity index (χ1) is 12.7. The van der Waals surface area contributed by atoms with Crippen LogP contribution in [-0.2, 0) is 22.2 Å². The molecule has 1 fully saturated rings. The molecule has 1 heterocycles. The van der Waals surface area contributed by atoms with Crippen molar-refractivity contribution < 1.29 is 21.9 Å². The summed E-state index contributed by atoms with van der Waals surface area (Å²) in [6.07, 6.45) is 8.59. The molecule has 2 aromatic carbocycles. The number of allylic oxidation sites excluding steroid dienone is 2. The number of benzene rings is 2. The third-order valence-electron chi connectivity index (χ3n) is 5.57. The fourth-order valence-electron chi connectivity index (χ4n) is 4.37. The SMILES string of the molecule is CN1\C(=C/C=N/N=C(\O)c2ccccc2)C2(CCCC2)c2ccccc21.[Co]. The quantitative estimate of drug-likeness (QED) is 0.453. The van der Waals surface area contributed by atoms with E-state index in [2.05, 4.69) is 46.4 Å². The van der Waals surface area contributed by atoms with E-state index in [1.54, 1.807) is 6.21 Å². The second kappa shape index (κ2) is 8.11. The summed E-state index contributed by atoms with van der Waals surface area (Å²) in [7, 11) is 2.12. The van der Waals surface area contributed by atoms with E-state index in [0.717, 1.165) is 0 Å². The summed E-state index contributed by atoms with van der Waals surface area (Å²) < 4.78 is 0. The molecule has 27 heavy (non-hydrogen) atoms. The van der Waals surface area contributed by atoms with Gasteiger partial charge in [0.05, 0.1) is 6.21 Å². The Balaban J connectivity index is 0.00000210. The van der Waals surface area contributed by atoms with Crippen LogP contribution in [-0.4, -0.2) is 24.3 Å². The van der Waals surface area contributed by atoms with Gasteiger partial charge < -0.3 is 10.0 Å². The van der Waals surface area contributed by atoms with Gasteiger partial charge in [-0.05, 0) is 42.7 Å². The standard InChI is InChI=1S/C22H23N3O.Co/c1-25-19-12-6-5-11-18(19)22(14-7-8-15-22)20(25)13-16-23-24-21(26)17-9-3-2-4-10-17;/h2-6,9-13,16H,7-8,14-15H2,1H3,(H,24,26);/b20-13-,23-16+;. The van der Waals surface area contributed by atoms with Gasteiger partial charge in [0, 0.05) is 46.2 Å². The molecule has 1 aliphatic heterocycles. The van der Waals surface area contributed by atoms with Gasteiger partial charge in [-0.25, -0.2) is 0 Å². The predicted molar refractivity (Wildman–Crippen MR) is 107 cm³/mol. The maximum Gasteiger partial charge on any atom is 0.238 e. The molecular weight excluding hydrogens is 381 g/mol. The van der Waals surface area contributed by atoms with E-state index in [1.165, 1.54) is 42.6 Å². The van der Waals surface area contributed by atoms with Crippen LogP contribution in [0.5, 0.6) is 0 Å². The summed E-state index contributed by atoms with van der Waals surface area (Å²) in [5, 5.41) is 18.0. The number of para-hydroxylation sites is 1. The molecule has 2 aromatic rings. The normalized spacial score (nSPS) is 19.7. The first kappa shape index (κ1) is 19.4. The third kappa shape index (κ3) is 3.45. The Labute approximate surface area is 170 Å². The van der Waals surface area contributed by atoms with Crippen LogP contribution >= 0.6 is 0 Å². The van der Waals surface area contributed by atoms with E-state index in [9.17, 15) is 5.11 Å². The van der Waals surface area contributed by atoms with Crippen LogP contribution in [0.15, 0.2) is 76.6 Å². The van der Waals surface area contributed by atoms with Gasteiger partial charge in [-0.1, -0.05) is 49.2 Å². The first-order valence-electron chi connectivity index (χ1n) is 9.12. The van der Waals surface area contributed by atoms with Gasteiger partial charge in [-0.15, -0.1) is 5.10 Å². The Morgan fingerprint density at radius 3 is 2.44 bits per heavy atom. The zero-order valence-electron chi connectivity index (χ0n) is 15.3. The maximum atomic E-state index is 10.0. The molecule has 5 heteroatoms. The number of rotatable bonds is 3. The van der Waals surface area contributed by atoms with E-state index in [1.807, 2.05) is 36.4 Å². The number of anilines is 1. The first-order valence-corrected chi connectivity index (χ1v) is 9.12. The van der Waals surface area contributed by atoms with Gasteiger partial charge in [-0.2, -0.15) is 5.10 Å². The average Bonchev–Trinajstić information content (AvgIpc) is 3.26. The molecule has 1 aliphatic carbocycles. The summed E-state index contributed by atoms with van der Waals surface area (Å²) >= 11 is 0. The van der Waals surface area contributed by atoms with Crippen LogP contribution in [0.1, 0.15) is 36.8 Å². The Hall–Kier alpha value is -2.37. The molecule has 2 aliphatic rings. The minimum atomic E-state index is -0.0705. The van der Waals surface area contributed by atoms with E-state index >= 15 is 0 Å². The summed E-state index contributed by atoms with van der Waals surface area (Å²) in [6.45, 7) is 0. The number of likely N-dealkylation sites (N-methyl/N-ethyl adjacent to an activating group) is 1. The molecule has 1 spiro atoms.